The van der Waals surface area contributed by atoms with Gasteiger partial charge in [0, 0.05) is 0 Å². The van der Waals surface area contributed by atoms with Crippen LogP contribution < -0.4 is 0 Å². The molecule has 0 amide bonds. The number of thiazole rings is 1. The zero-order chi connectivity index (χ0) is 14.1. The van der Waals surface area contributed by atoms with Crippen molar-refractivity contribution in [2.45, 2.75) is 11.0 Å². The van der Waals surface area contributed by atoms with Crippen molar-refractivity contribution in [2.75, 3.05) is 0 Å². The maximum atomic E-state index is 5.55. The van der Waals surface area contributed by atoms with E-state index in [9.17, 15) is 0 Å². The molecule has 0 unspecified atom stereocenters. The van der Waals surface area contributed by atoms with Gasteiger partial charge >= 0.3 is 0 Å². The van der Waals surface area contributed by atoms with Crippen LogP contribution in [-0.4, -0.2) is 15.2 Å². The van der Waals surface area contributed by atoms with Crippen molar-refractivity contribution in [3.05, 3.63) is 47.7 Å². The molecule has 4 aromatic rings. The zero-order valence-electron chi connectivity index (χ0n) is 10.7. The quantitative estimate of drug-likeness (QED) is 0.525. The van der Waals surface area contributed by atoms with Crippen LogP contribution in [0.1, 0.15) is 5.01 Å². The highest BCUT2D eigenvalue weighted by Gasteiger charge is 2.12. The van der Waals surface area contributed by atoms with Crippen LogP contribution in [0.4, 0.5) is 0 Å². The summed E-state index contributed by atoms with van der Waals surface area (Å²) in [5.41, 5.74) is 1.03. The first-order valence-electron chi connectivity index (χ1n) is 6.23. The van der Waals surface area contributed by atoms with Gasteiger partial charge in [0.2, 0.25) is 0 Å². The van der Waals surface area contributed by atoms with Gasteiger partial charge in [-0.25, -0.2) is 4.98 Å². The predicted molar refractivity (Wildman–Crippen MR) is 81.2 cm³/mol. The highest BCUT2D eigenvalue weighted by Crippen LogP contribution is 2.29. The molecule has 0 fully saturated rings. The summed E-state index contributed by atoms with van der Waals surface area (Å²) < 4.78 is 12.0. The van der Waals surface area contributed by atoms with Crippen molar-refractivity contribution in [1.29, 1.82) is 0 Å². The Balaban J connectivity index is 1.49. The molecule has 0 saturated heterocycles. The van der Waals surface area contributed by atoms with E-state index in [1.54, 1.807) is 29.7 Å². The molecule has 4 rings (SSSR count). The highest BCUT2D eigenvalue weighted by atomic mass is 32.2. The number of hydrogen-bond acceptors (Lipinski definition) is 7. The Labute approximate surface area is 128 Å². The SMILES string of the molecule is c1coc(-c2nnc(SCc3nc4ccccc4s3)o2)c1. The van der Waals surface area contributed by atoms with Gasteiger partial charge in [-0.05, 0) is 24.3 Å². The van der Waals surface area contributed by atoms with E-state index in [1.807, 2.05) is 18.2 Å². The van der Waals surface area contributed by atoms with E-state index in [0.717, 1.165) is 10.5 Å². The van der Waals surface area contributed by atoms with Crippen molar-refractivity contribution in [3.8, 4) is 11.7 Å². The number of rotatable bonds is 4. The number of benzene rings is 1. The lowest BCUT2D eigenvalue weighted by Gasteiger charge is -1.90. The van der Waals surface area contributed by atoms with Crippen molar-refractivity contribution >= 4 is 33.3 Å². The summed E-state index contributed by atoms with van der Waals surface area (Å²) in [5, 5.41) is 9.52. The van der Waals surface area contributed by atoms with E-state index in [2.05, 4.69) is 21.2 Å². The molecule has 0 atom stereocenters. The Hall–Kier alpha value is -2.12. The first-order chi connectivity index (χ1) is 10.4. The predicted octanol–water partition coefficient (Wildman–Crippen LogP) is 4.23. The molecule has 1 aromatic carbocycles. The van der Waals surface area contributed by atoms with Gasteiger partial charge in [-0.15, -0.1) is 21.5 Å². The van der Waals surface area contributed by atoms with E-state index >= 15 is 0 Å². The fraction of sp³-hybridized carbons (Fsp3) is 0.0714. The Morgan fingerprint density at radius 3 is 2.90 bits per heavy atom. The summed E-state index contributed by atoms with van der Waals surface area (Å²) >= 11 is 3.15. The average molecular weight is 315 g/mol. The van der Waals surface area contributed by atoms with Crippen LogP contribution in [-0.2, 0) is 5.75 Å². The molecule has 104 valence electrons. The Morgan fingerprint density at radius 2 is 2.05 bits per heavy atom. The lowest BCUT2D eigenvalue weighted by atomic mass is 10.3. The minimum Gasteiger partial charge on any atom is -0.459 e. The normalized spacial score (nSPS) is 11.2. The average Bonchev–Trinajstić information content (AvgIpc) is 3.23. The molecule has 0 aliphatic carbocycles. The summed E-state index contributed by atoms with van der Waals surface area (Å²) in [6.07, 6.45) is 1.58. The third kappa shape index (κ3) is 2.57. The molecule has 21 heavy (non-hydrogen) atoms. The third-order valence-corrected chi connectivity index (χ3v) is 4.84. The van der Waals surface area contributed by atoms with Crippen LogP contribution in [0.2, 0.25) is 0 Å². The fourth-order valence-electron chi connectivity index (χ4n) is 1.87. The van der Waals surface area contributed by atoms with E-state index in [0.29, 0.717) is 22.6 Å². The van der Waals surface area contributed by atoms with Crippen LogP contribution >= 0.6 is 23.1 Å². The van der Waals surface area contributed by atoms with Gasteiger partial charge < -0.3 is 8.83 Å². The maximum absolute atomic E-state index is 5.55. The van der Waals surface area contributed by atoms with Crippen molar-refractivity contribution in [2.24, 2.45) is 0 Å². The summed E-state index contributed by atoms with van der Waals surface area (Å²) in [7, 11) is 0. The Morgan fingerprint density at radius 1 is 1.10 bits per heavy atom. The summed E-state index contributed by atoms with van der Waals surface area (Å²) in [4.78, 5) is 4.57. The van der Waals surface area contributed by atoms with Crippen LogP contribution in [0, 0.1) is 0 Å². The van der Waals surface area contributed by atoms with Gasteiger partial charge in [0.05, 0.1) is 22.2 Å². The number of nitrogens with zero attached hydrogens (tertiary/aromatic N) is 3. The molecule has 0 N–H and O–H groups in total. The first-order valence-corrected chi connectivity index (χ1v) is 8.03. The number of hydrogen-bond donors (Lipinski definition) is 0. The lowest BCUT2D eigenvalue weighted by molar-refractivity contribution is 0.447. The zero-order valence-corrected chi connectivity index (χ0v) is 12.4. The number of aromatic nitrogens is 3. The molecule has 0 bridgehead atoms. The van der Waals surface area contributed by atoms with Gasteiger partial charge in [0.1, 0.15) is 5.01 Å². The number of fused-ring (bicyclic) bond motifs is 1. The summed E-state index contributed by atoms with van der Waals surface area (Å²) in [6.45, 7) is 0. The van der Waals surface area contributed by atoms with Crippen molar-refractivity contribution < 1.29 is 8.83 Å². The standard InChI is InChI=1S/C14H9N3O2S2/c1-2-6-11-9(4-1)15-12(21-11)8-20-14-17-16-13(19-14)10-5-3-7-18-10/h1-7H,8H2. The topological polar surface area (TPSA) is 65.0 Å². The fourth-order valence-corrected chi connectivity index (χ4v) is 3.60. The Kier molecular flexibility index (Phi) is 3.21. The molecular weight excluding hydrogens is 306 g/mol. The molecule has 3 heterocycles. The second-order valence-electron chi connectivity index (χ2n) is 4.21. The van der Waals surface area contributed by atoms with Gasteiger partial charge in [-0.1, -0.05) is 23.9 Å². The van der Waals surface area contributed by atoms with E-state index in [-0.39, 0.29) is 0 Å². The minimum absolute atomic E-state index is 0.395. The van der Waals surface area contributed by atoms with Crippen LogP contribution in [0.5, 0.6) is 0 Å². The molecule has 7 heteroatoms. The highest BCUT2D eigenvalue weighted by molar-refractivity contribution is 7.98. The maximum Gasteiger partial charge on any atom is 0.284 e. The second-order valence-corrected chi connectivity index (χ2v) is 6.26. The van der Waals surface area contributed by atoms with Gasteiger partial charge in [-0.3, -0.25) is 0 Å². The van der Waals surface area contributed by atoms with Gasteiger partial charge in [-0.2, -0.15) is 0 Å². The monoisotopic (exact) mass is 315 g/mol. The molecule has 0 radical (unpaired) electrons. The smallest absolute Gasteiger partial charge is 0.284 e. The van der Waals surface area contributed by atoms with Crippen LogP contribution in [0.3, 0.4) is 0 Å². The van der Waals surface area contributed by atoms with Crippen LogP contribution in [0.15, 0.2) is 56.7 Å². The van der Waals surface area contributed by atoms with Gasteiger partial charge in [0.25, 0.3) is 11.1 Å². The second kappa shape index (κ2) is 5.34. The molecule has 3 aromatic heterocycles. The van der Waals surface area contributed by atoms with Gasteiger partial charge in [0.15, 0.2) is 5.76 Å². The molecular formula is C14H9N3O2S2. The number of para-hydroxylation sites is 1. The minimum atomic E-state index is 0.395. The first kappa shape index (κ1) is 12.6. The third-order valence-electron chi connectivity index (χ3n) is 2.80. The van der Waals surface area contributed by atoms with E-state index < -0.39 is 0 Å². The Bertz CT molecular complexity index is 834. The molecule has 5 nitrogen and oxygen atoms in total. The van der Waals surface area contributed by atoms with Crippen molar-refractivity contribution in [3.63, 3.8) is 0 Å². The van der Waals surface area contributed by atoms with E-state index in [4.69, 9.17) is 8.83 Å². The molecule has 0 saturated carbocycles. The number of furan rings is 1. The largest absolute Gasteiger partial charge is 0.459 e. The summed E-state index contributed by atoms with van der Waals surface area (Å²) in [5.74, 6) is 1.68. The van der Waals surface area contributed by atoms with E-state index in [1.165, 1.54) is 16.5 Å². The molecule has 0 spiro atoms. The van der Waals surface area contributed by atoms with Crippen molar-refractivity contribution in [1.82, 2.24) is 15.2 Å². The number of thioether (sulfide) groups is 1. The van der Waals surface area contributed by atoms with Crippen LogP contribution in [0.25, 0.3) is 21.9 Å². The molecule has 0 aliphatic heterocycles. The lowest BCUT2D eigenvalue weighted by Crippen LogP contribution is -1.78. The molecule has 0 aliphatic rings. The summed E-state index contributed by atoms with van der Waals surface area (Å²) in [6, 6.07) is 11.7.